The molecule has 0 saturated heterocycles. The van der Waals surface area contributed by atoms with Gasteiger partial charge in [-0.25, -0.2) is 4.79 Å². The Kier molecular flexibility index (Phi) is 2.23. The fourth-order valence-electron chi connectivity index (χ4n) is 0.895. The van der Waals surface area contributed by atoms with E-state index >= 15 is 0 Å². The number of hydrogen-bond donors (Lipinski definition) is 0. The fraction of sp³-hybridized carbons (Fsp3) is 0.429. The zero-order valence-electron chi connectivity index (χ0n) is 5.76. The van der Waals surface area contributed by atoms with E-state index < -0.39 is 0 Å². The molecular formula is C7H9O2P. The number of rotatable bonds is 1. The highest BCUT2D eigenvalue weighted by Gasteiger charge is 2.15. The number of ether oxygens (including phenoxy) is 1. The molecule has 0 aromatic carbocycles. The van der Waals surface area contributed by atoms with Crippen LogP contribution in [0.25, 0.3) is 0 Å². The van der Waals surface area contributed by atoms with E-state index in [1.807, 2.05) is 6.92 Å². The summed E-state index contributed by atoms with van der Waals surface area (Å²) in [6.07, 6.45) is 2.23. The Labute approximate surface area is 62.1 Å². The van der Waals surface area contributed by atoms with Gasteiger partial charge in [-0.1, -0.05) is 5.57 Å². The van der Waals surface area contributed by atoms with Crippen molar-refractivity contribution < 1.29 is 9.53 Å². The van der Waals surface area contributed by atoms with Crippen molar-refractivity contribution in [2.75, 3.05) is 0 Å². The second-order valence-electron chi connectivity index (χ2n) is 2.34. The molecule has 0 fully saturated rings. The monoisotopic (exact) mass is 156 g/mol. The van der Waals surface area contributed by atoms with Gasteiger partial charge in [-0.05, 0) is 12.7 Å². The summed E-state index contributed by atoms with van der Waals surface area (Å²) in [5.74, 6) is 1.46. The number of cyclic esters (lactones) is 1. The molecule has 0 aliphatic carbocycles. The highest BCUT2D eigenvalue weighted by molar-refractivity contribution is 7.18. The molecule has 1 heterocycles. The molecule has 10 heavy (non-hydrogen) atoms. The quantitative estimate of drug-likeness (QED) is 0.421. The van der Waals surface area contributed by atoms with Crippen LogP contribution in [0, 0.1) is 0 Å². The molecule has 1 atom stereocenters. The second-order valence-corrected chi connectivity index (χ2v) is 2.67. The minimum Gasteiger partial charge on any atom is -0.454 e. The van der Waals surface area contributed by atoms with E-state index in [0.717, 1.165) is 12.0 Å². The minimum absolute atomic E-state index is 0.0887. The Morgan fingerprint density at radius 1 is 1.90 bits per heavy atom. The average Bonchev–Trinajstić information content (AvgIpc) is 1.85. The molecule has 0 N–H and O–H groups in total. The molecule has 54 valence electrons. The van der Waals surface area contributed by atoms with Crippen molar-refractivity contribution in [2.24, 2.45) is 0 Å². The average molecular weight is 156 g/mol. The van der Waals surface area contributed by atoms with Crippen LogP contribution in [0.2, 0.25) is 0 Å². The summed E-state index contributed by atoms with van der Waals surface area (Å²) >= 11 is 0. The van der Waals surface area contributed by atoms with Crippen LogP contribution in [0.4, 0.5) is 0 Å². The number of esters is 1. The normalized spacial score (nSPS) is 25.1. The van der Waals surface area contributed by atoms with Gasteiger partial charge in [0.15, 0.2) is 0 Å². The Bertz CT molecular complexity index is 196. The van der Waals surface area contributed by atoms with Crippen LogP contribution in [0.3, 0.4) is 0 Å². The molecule has 3 heteroatoms. The molecule has 0 spiro atoms. The lowest BCUT2D eigenvalue weighted by Crippen LogP contribution is -2.22. The van der Waals surface area contributed by atoms with Crippen LogP contribution in [0.5, 0.6) is 0 Å². The lowest BCUT2D eigenvalue weighted by Gasteiger charge is -2.17. The van der Waals surface area contributed by atoms with Gasteiger partial charge < -0.3 is 4.74 Å². The largest absolute Gasteiger partial charge is 0.454 e. The second kappa shape index (κ2) is 2.98. The number of hydrogen-bond acceptors (Lipinski definition) is 2. The van der Waals surface area contributed by atoms with Crippen LogP contribution in [0.15, 0.2) is 11.6 Å². The fourth-order valence-corrected chi connectivity index (χ4v) is 1.08. The molecule has 0 aromatic heterocycles. The van der Waals surface area contributed by atoms with Gasteiger partial charge in [0, 0.05) is 12.5 Å². The van der Waals surface area contributed by atoms with Crippen LogP contribution >= 0.6 is 8.86 Å². The summed E-state index contributed by atoms with van der Waals surface area (Å²) in [4.78, 5) is 10.7. The van der Waals surface area contributed by atoms with Gasteiger partial charge in [0.05, 0.1) is 0 Å². The third kappa shape index (κ3) is 1.68. The van der Waals surface area contributed by atoms with E-state index in [1.165, 1.54) is 6.08 Å². The van der Waals surface area contributed by atoms with Crippen molar-refractivity contribution in [3.8, 4) is 0 Å². The minimum atomic E-state index is -0.247. The lowest BCUT2D eigenvalue weighted by atomic mass is 10.1. The summed E-state index contributed by atoms with van der Waals surface area (Å²) in [6, 6.07) is 0. The van der Waals surface area contributed by atoms with Gasteiger partial charge in [-0.3, -0.25) is 0 Å². The Morgan fingerprint density at radius 3 is 3.10 bits per heavy atom. The SMILES string of the molecule is CC1=CC(=O)O[C@@H](C=P)C1. The molecule has 1 aliphatic rings. The smallest absolute Gasteiger partial charge is 0.331 e. The zero-order valence-corrected chi connectivity index (χ0v) is 6.76. The predicted molar refractivity (Wildman–Crippen MR) is 42.6 cm³/mol. The summed E-state index contributed by atoms with van der Waals surface area (Å²) in [7, 11) is 3.18. The first-order valence-corrected chi connectivity index (χ1v) is 3.68. The molecule has 0 bridgehead atoms. The molecule has 0 aromatic rings. The van der Waals surface area contributed by atoms with Gasteiger partial charge in [0.2, 0.25) is 0 Å². The third-order valence-electron chi connectivity index (χ3n) is 1.34. The maximum atomic E-state index is 10.7. The molecule has 0 saturated carbocycles. The van der Waals surface area contributed by atoms with E-state index in [0.29, 0.717) is 0 Å². The highest BCUT2D eigenvalue weighted by Crippen LogP contribution is 2.13. The van der Waals surface area contributed by atoms with Gasteiger partial charge in [0.1, 0.15) is 6.10 Å². The first kappa shape index (κ1) is 7.49. The Morgan fingerprint density at radius 2 is 2.60 bits per heavy atom. The van der Waals surface area contributed by atoms with Crippen LogP contribution < -0.4 is 0 Å². The molecule has 1 aliphatic heterocycles. The van der Waals surface area contributed by atoms with Gasteiger partial charge in [-0.2, -0.15) is 0 Å². The van der Waals surface area contributed by atoms with Crippen LogP contribution in [0.1, 0.15) is 13.3 Å². The van der Waals surface area contributed by atoms with Crippen molar-refractivity contribution in [3.63, 3.8) is 0 Å². The molecular weight excluding hydrogens is 147 g/mol. The van der Waals surface area contributed by atoms with E-state index in [4.69, 9.17) is 4.74 Å². The molecule has 0 amide bonds. The Hall–Kier alpha value is -0.620. The zero-order chi connectivity index (χ0) is 7.56. The molecule has 0 radical (unpaired) electrons. The third-order valence-corrected chi connectivity index (χ3v) is 1.71. The van der Waals surface area contributed by atoms with Crippen molar-refractivity contribution >= 4 is 20.6 Å². The van der Waals surface area contributed by atoms with Crippen molar-refractivity contribution in [3.05, 3.63) is 11.6 Å². The number of carbonyl (C=O) groups is 1. The maximum Gasteiger partial charge on any atom is 0.331 e. The number of carbonyl (C=O) groups excluding carboxylic acids is 1. The maximum absolute atomic E-state index is 10.7. The Balaban J connectivity index is 2.69. The first-order chi connectivity index (χ1) is 4.72. The van der Waals surface area contributed by atoms with E-state index in [1.54, 1.807) is 5.80 Å². The topological polar surface area (TPSA) is 26.3 Å². The van der Waals surface area contributed by atoms with Gasteiger partial charge in [0.25, 0.3) is 0 Å². The van der Waals surface area contributed by atoms with E-state index in [2.05, 4.69) is 8.86 Å². The predicted octanol–water partition coefficient (Wildman–Crippen LogP) is 1.19. The van der Waals surface area contributed by atoms with Gasteiger partial charge >= 0.3 is 5.97 Å². The summed E-state index contributed by atoms with van der Waals surface area (Å²) in [5, 5.41) is 0. The molecule has 0 unspecified atom stereocenters. The summed E-state index contributed by atoms with van der Waals surface area (Å²) in [6.45, 7) is 1.92. The summed E-state index contributed by atoms with van der Waals surface area (Å²) in [5.41, 5.74) is 1.07. The highest BCUT2D eigenvalue weighted by atomic mass is 31.0. The van der Waals surface area contributed by atoms with E-state index in [9.17, 15) is 4.79 Å². The van der Waals surface area contributed by atoms with Crippen LogP contribution in [-0.2, 0) is 9.53 Å². The van der Waals surface area contributed by atoms with Crippen molar-refractivity contribution in [2.45, 2.75) is 19.4 Å². The molecule has 2 nitrogen and oxygen atoms in total. The van der Waals surface area contributed by atoms with E-state index in [-0.39, 0.29) is 12.1 Å². The van der Waals surface area contributed by atoms with Gasteiger partial charge in [-0.15, -0.1) is 8.86 Å². The first-order valence-electron chi connectivity index (χ1n) is 3.11. The molecule has 1 rings (SSSR count). The standard InChI is InChI=1S/C7H9O2P/c1-5-2-6(4-10)9-7(8)3-5/h3-4,6,10H,2H2,1H3/t6-/m1/s1. The summed E-state index contributed by atoms with van der Waals surface area (Å²) < 4.78 is 4.89. The van der Waals surface area contributed by atoms with Crippen molar-refractivity contribution in [1.29, 1.82) is 0 Å². The van der Waals surface area contributed by atoms with Crippen LogP contribution in [-0.4, -0.2) is 17.9 Å². The lowest BCUT2D eigenvalue weighted by molar-refractivity contribution is -0.140. The van der Waals surface area contributed by atoms with Crippen molar-refractivity contribution in [1.82, 2.24) is 0 Å².